The lowest BCUT2D eigenvalue weighted by Crippen LogP contribution is -1.99. The summed E-state index contributed by atoms with van der Waals surface area (Å²) in [5, 5.41) is 1.28. The van der Waals surface area contributed by atoms with E-state index < -0.39 is 0 Å². The number of aryl methyl sites for hydroxylation is 2. The molecule has 98 valence electrons. The smallest absolute Gasteiger partial charge is 0.0705 e. The molecule has 1 heteroatoms. The molecule has 0 spiro atoms. The number of hydrogen-bond donors (Lipinski definition) is 0. The van der Waals surface area contributed by atoms with E-state index in [1.54, 1.807) is 0 Å². The molecule has 0 radical (unpaired) electrons. The van der Waals surface area contributed by atoms with Gasteiger partial charge in [0, 0.05) is 11.3 Å². The van der Waals surface area contributed by atoms with Gasteiger partial charge >= 0.3 is 0 Å². The van der Waals surface area contributed by atoms with Crippen molar-refractivity contribution < 1.29 is 0 Å². The Balaban J connectivity index is 1.87. The van der Waals surface area contributed by atoms with E-state index in [2.05, 4.69) is 61.5 Å². The fraction of sp³-hybridized carbons (Fsp3) is 0.211. The molecule has 1 unspecified atom stereocenters. The van der Waals surface area contributed by atoms with Gasteiger partial charge < -0.3 is 0 Å². The summed E-state index contributed by atoms with van der Waals surface area (Å²) in [7, 11) is 0. The van der Waals surface area contributed by atoms with Gasteiger partial charge in [0.2, 0.25) is 0 Å². The summed E-state index contributed by atoms with van der Waals surface area (Å²) in [4.78, 5) is 4.95. The third kappa shape index (κ3) is 1.82. The Labute approximate surface area is 119 Å². The lowest BCUT2D eigenvalue weighted by Gasteiger charge is -2.12. The summed E-state index contributed by atoms with van der Waals surface area (Å²) in [6.45, 7) is 2.14. The molecule has 0 N–H and O–H groups in total. The van der Waals surface area contributed by atoms with Crippen LogP contribution in [0.2, 0.25) is 0 Å². The van der Waals surface area contributed by atoms with Crippen LogP contribution in [0.4, 0.5) is 0 Å². The van der Waals surface area contributed by atoms with Gasteiger partial charge in [0.15, 0.2) is 0 Å². The topological polar surface area (TPSA) is 12.9 Å². The molecule has 3 aromatic rings. The third-order valence-electron chi connectivity index (χ3n) is 4.32. The number of hydrogen-bond acceptors (Lipinski definition) is 1. The second kappa shape index (κ2) is 4.45. The van der Waals surface area contributed by atoms with Crippen LogP contribution in [0.15, 0.2) is 54.6 Å². The molecule has 1 nitrogen and oxygen atoms in total. The summed E-state index contributed by atoms with van der Waals surface area (Å²) in [6, 6.07) is 19.6. The van der Waals surface area contributed by atoms with Crippen molar-refractivity contribution in [1.82, 2.24) is 4.98 Å². The molecular formula is C19H17N. The Kier molecular flexibility index (Phi) is 2.59. The fourth-order valence-electron chi connectivity index (χ4n) is 3.30. The average molecular weight is 259 g/mol. The minimum absolute atomic E-state index is 0.469. The molecule has 1 atom stereocenters. The lowest BCUT2D eigenvalue weighted by atomic mass is 9.96. The van der Waals surface area contributed by atoms with Gasteiger partial charge in [0.25, 0.3) is 0 Å². The normalized spacial score (nSPS) is 17.4. The molecule has 0 saturated heterocycles. The molecule has 1 aliphatic carbocycles. The number of aromatic nitrogens is 1. The van der Waals surface area contributed by atoms with Crippen molar-refractivity contribution in [3.63, 3.8) is 0 Å². The van der Waals surface area contributed by atoms with Gasteiger partial charge in [0.05, 0.1) is 11.2 Å². The van der Waals surface area contributed by atoms with Gasteiger partial charge in [-0.25, -0.2) is 0 Å². The number of benzene rings is 2. The van der Waals surface area contributed by atoms with Crippen molar-refractivity contribution in [3.8, 4) is 0 Å². The van der Waals surface area contributed by atoms with E-state index in [1.165, 1.54) is 34.2 Å². The summed E-state index contributed by atoms with van der Waals surface area (Å²) in [5.74, 6) is 0.469. The fourth-order valence-corrected chi connectivity index (χ4v) is 3.30. The number of nitrogens with zero attached hydrogens (tertiary/aromatic N) is 1. The van der Waals surface area contributed by atoms with Crippen LogP contribution < -0.4 is 0 Å². The maximum atomic E-state index is 4.95. The van der Waals surface area contributed by atoms with Gasteiger partial charge in [-0.3, -0.25) is 4.98 Å². The zero-order valence-corrected chi connectivity index (χ0v) is 11.6. The minimum atomic E-state index is 0.469. The van der Waals surface area contributed by atoms with Gasteiger partial charge in [-0.05, 0) is 49.1 Å². The molecule has 1 aromatic heterocycles. The molecule has 0 fully saturated rings. The monoisotopic (exact) mass is 259 g/mol. The van der Waals surface area contributed by atoms with E-state index in [-0.39, 0.29) is 0 Å². The average Bonchev–Trinajstić information content (AvgIpc) is 2.88. The van der Waals surface area contributed by atoms with Crippen molar-refractivity contribution >= 4 is 10.9 Å². The number of fused-ring (bicyclic) bond motifs is 2. The SMILES string of the molecule is Cc1ccc2nc3c(cc2c1)CCC3c1ccccc1. The van der Waals surface area contributed by atoms with Crippen LogP contribution in [0, 0.1) is 6.92 Å². The first-order chi connectivity index (χ1) is 9.81. The third-order valence-corrected chi connectivity index (χ3v) is 4.32. The first-order valence-electron chi connectivity index (χ1n) is 7.26. The molecule has 4 rings (SSSR count). The maximum Gasteiger partial charge on any atom is 0.0705 e. The number of rotatable bonds is 1. The molecule has 0 aliphatic heterocycles. The van der Waals surface area contributed by atoms with Crippen LogP contribution in [0.25, 0.3) is 10.9 Å². The van der Waals surface area contributed by atoms with Crippen LogP contribution >= 0.6 is 0 Å². The van der Waals surface area contributed by atoms with Crippen LogP contribution in [-0.2, 0) is 6.42 Å². The van der Waals surface area contributed by atoms with E-state index >= 15 is 0 Å². The molecule has 2 aromatic carbocycles. The first kappa shape index (κ1) is 11.7. The minimum Gasteiger partial charge on any atom is -0.252 e. The highest BCUT2D eigenvalue weighted by atomic mass is 14.7. The standard InChI is InChI=1S/C19H17N/c1-13-7-10-18-16(11-13)12-15-8-9-17(19(15)20-18)14-5-3-2-4-6-14/h2-7,10-12,17H,8-9H2,1H3. The molecule has 0 amide bonds. The summed E-state index contributed by atoms with van der Waals surface area (Å²) >= 11 is 0. The van der Waals surface area contributed by atoms with Crippen molar-refractivity contribution in [3.05, 3.63) is 77.0 Å². The highest BCUT2D eigenvalue weighted by Gasteiger charge is 2.25. The summed E-state index contributed by atoms with van der Waals surface area (Å²) in [6.07, 6.45) is 2.33. The van der Waals surface area contributed by atoms with Crippen LogP contribution in [0.5, 0.6) is 0 Å². The highest BCUT2D eigenvalue weighted by Crippen LogP contribution is 2.38. The Bertz CT molecular complexity index is 774. The van der Waals surface area contributed by atoms with Gasteiger partial charge in [-0.15, -0.1) is 0 Å². The molecule has 20 heavy (non-hydrogen) atoms. The Hall–Kier alpha value is -2.15. The van der Waals surface area contributed by atoms with Crippen LogP contribution in [0.1, 0.15) is 34.7 Å². The van der Waals surface area contributed by atoms with Gasteiger partial charge in [0.1, 0.15) is 0 Å². The highest BCUT2D eigenvalue weighted by molar-refractivity contribution is 5.80. The quantitative estimate of drug-likeness (QED) is 0.621. The van der Waals surface area contributed by atoms with E-state index in [4.69, 9.17) is 4.98 Å². The molecule has 0 bridgehead atoms. The second-order valence-corrected chi connectivity index (χ2v) is 5.73. The molecule has 1 heterocycles. The zero-order valence-electron chi connectivity index (χ0n) is 11.6. The Morgan fingerprint density at radius 2 is 1.85 bits per heavy atom. The predicted octanol–water partition coefficient (Wildman–Crippen LogP) is 4.62. The van der Waals surface area contributed by atoms with Crippen LogP contribution in [0.3, 0.4) is 0 Å². The largest absolute Gasteiger partial charge is 0.252 e. The zero-order chi connectivity index (χ0) is 13.5. The van der Waals surface area contributed by atoms with Crippen molar-refractivity contribution in [1.29, 1.82) is 0 Å². The van der Waals surface area contributed by atoms with Crippen LogP contribution in [-0.4, -0.2) is 4.98 Å². The Morgan fingerprint density at radius 1 is 1.00 bits per heavy atom. The first-order valence-corrected chi connectivity index (χ1v) is 7.26. The van der Waals surface area contributed by atoms with Crippen molar-refractivity contribution in [2.75, 3.05) is 0 Å². The van der Waals surface area contributed by atoms with Gasteiger partial charge in [-0.2, -0.15) is 0 Å². The predicted molar refractivity (Wildman–Crippen MR) is 83.1 cm³/mol. The van der Waals surface area contributed by atoms with Crippen molar-refractivity contribution in [2.45, 2.75) is 25.7 Å². The molecule has 0 saturated carbocycles. The van der Waals surface area contributed by atoms with E-state index in [9.17, 15) is 0 Å². The molecule has 1 aliphatic rings. The van der Waals surface area contributed by atoms with Crippen molar-refractivity contribution in [2.24, 2.45) is 0 Å². The van der Waals surface area contributed by atoms with Gasteiger partial charge in [-0.1, -0.05) is 42.0 Å². The lowest BCUT2D eigenvalue weighted by molar-refractivity contribution is 0.774. The van der Waals surface area contributed by atoms with E-state index in [0.29, 0.717) is 5.92 Å². The maximum absolute atomic E-state index is 4.95. The second-order valence-electron chi connectivity index (χ2n) is 5.73. The number of pyridine rings is 1. The van der Waals surface area contributed by atoms with E-state index in [0.717, 1.165) is 11.9 Å². The molecular weight excluding hydrogens is 242 g/mol. The summed E-state index contributed by atoms with van der Waals surface area (Å²) < 4.78 is 0. The van der Waals surface area contributed by atoms with E-state index in [1.807, 2.05) is 0 Å². The summed E-state index contributed by atoms with van der Waals surface area (Å²) in [5.41, 5.74) is 6.53. The Morgan fingerprint density at radius 3 is 2.70 bits per heavy atom.